The van der Waals surface area contributed by atoms with Crippen LogP contribution in [0.3, 0.4) is 0 Å². The van der Waals surface area contributed by atoms with Gasteiger partial charge in [-0.05, 0) is 37.2 Å². The highest BCUT2D eigenvalue weighted by Crippen LogP contribution is 2.24. The fourth-order valence-corrected chi connectivity index (χ4v) is 3.18. The Morgan fingerprint density at radius 2 is 1.82 bits per heavy atom. The number of hydrogen-bond donors (Lipinski definition) is 1. The van der Waals surface area contributed by atoms with E-state index in [-0.39, 0.29) is 30.7 Å². The van der Waals surface area contributed by atoms with E-state index in [4.69, 9.17) is 5.10 Å². The van der Waals surface area contributed by atoms with Gasteiger partial charge in [0.05, 0.1) is 11.3 Å². The molecule has 3 heterocycles. The first kappa shape index (κ1) is 21.9. The number of nitrogens with one attached hydrogen (secondary N) is 1. The van der Waals surface area contributed by atoms with E-state index in [1.165, 1.54) is 0 Å². The summed E-state index contributed by atoms with van der Waals surface area (Å²) in [6.07, 6.45) is 6.26. The fraction of sp³-hybridized carbons (Fsp3) is 0.250. The number of nitrogens with zero attached hydrogens (tertiary/aromatic N) is 4. The minimum Gasteiger partial charge on any atom is -0.337 e. The lowest BCUT2D eigenvalue weighted by atomic mass is 10.1. The molecule has 0 radical (unpaired) electrons. The zero-order chi connectivity index (χ0) is 17.8. The molecule has 148 valence electrons. The molecule has 8 heteroatoms. The van der Waals surface area contributed by atoms with Gasteiger partial charge in [0.15, 0.2) is 0 Å². The van der Waals surface area contributed by atoms with Gasteiger partial charge in [-0.25, -0.2) is 4.68 Å². The number of amides is 1. The monoisotopic (exact) mass is 419 g/mol. The highest BCUT2D eigenvalue weighted by molar-refractivity contribution is 6.00. The smallest absolute Gasteiger partial charge is 0.257 e. The zero-order valence-corrected chi connectivity index (χ0v) is 17.0. The standard InChI is InChI=1S/C20H21N5O.2ClH/c26-20(24-12-5-10-21-11-13-24)18-15-25(17-7-2-1-3-8-17)23-19(18)16-6-4-9-22-14-16;;/h1-4,6-9,14-15,21H,5,10-13H2;2*1H. The minimum atomic E-state index is 0. The van der Waals surface area contributed by atoms with E-state index in [1.807, 2.05) is 53.6 Å². The van der Waals surface area contributed by atoms with Gasteiger partial charge in [0.1, 0.15) is 5.69 Å². The van der Waals surface area contributed by atoms with Crippen molar-refractivity contribution < 1.29 is 4.79 Å². The Morgan fingerprint density at radius 3 is 2.57 bits per heavy atom. The molecule has 0 bridgehead atoms. The van der Waals surface area contributed by atoms with Gasteiger partial charge in [0, 0.05) is 43.8 Å². The molecule has 2 aromatic heterocycles. The number of benzene rings is 1. The lowest BCUT2D eigenvalue weighted by Gasteiger charge is -2.19. The summed E-state index contributed by atoms with van der Waals surface area (Å²) < 4.78 is 1.77. The molecule has 1 aromatic carbocycles. The zero-order valence-electron chi connectivity index (χ0n) is 15.3. The molecular weight excluding hydrogens is 397 g/mol. The van der Waals surface area contributed by atoms with Crippen LogP contribution in [0.1, 0.15) is 16.8 Å². The predicted molar refractivity (Wildman–Crippen MR) is 115 cm³/mol. The fourth-order valence-electron chi connectivity index (χ4n) is 3.18. The molecule has 0 atom stereocenters. The Balaban J connectivity index is 0.00000140. The van der Waals surface area contributed by atoms with Crippen LogP contribution in [0.5, 0.6) is 0 Å². The van der Waals surface area contributed by atoms with E-state index in [2.05, 4.69) is 10.3 Å². The summed E-state index contributed by atoms with van der Waals surface area (Å²) in [5.41, 5.74) is 3.06. The van der Waals surface area contributed by atoms with Crippen molar-refractivity contribution in [3.63, 3.8) is 0 Å². The first-order valence-electron chi connectivity index (χ1n) is 8.88. The third-order valence-electron chi connectivity index (χ3n) is 4.53. The molecule has 1 saturated heterocycles. The number of rotatable bonds is 3. The number of carbonyl (C=O) groups excluding carboxylic acids is 1. The molecule has 1 amide bonds. The molecule has 0 aliphatic carbocycles. The normalized spacial score (nSPS) is 13.8. The first-order valence-corrected chi connectivity index (χ1v) is 8.88. The van der Waals surface area contributed by atoms with Gasteiger partial charge in [-0.15, -0.1) is 24.8 Å². The number of hydrogen-bond acceptors (Lipinski definition) is 4. The van der Waals surface area contributed by atoms with Crippen LogP contribution < -0.4 is 5.32 Å². The van der Waals surface area contributed by atoms with E-state index in [0.717, 1.165) is 37.3 Å². The van der Waals surface area contributed by atoms with Crippen molar-refractivity contribution >= 4 is 30.7 Å². The van der Waals surface area contributed by atoms with Gasteiger partial charge in [0.2, 0.25) is 0 Å². The SMILES string of the molecule is Cl.Cl.O=C(c1cn(-c2ccccc2)nc1-c1cccnc1)N1CCCNCC1. The summed E-state index contributed by atoms with van der Waals surface area (Å²) in [5, 5.41) is 8.04. The van der Waals surface area contributed by atoms with Crippen LogP contribution in [0.2, 0.25) is 0 Å². The average Bonchev–Trinajstić information content (AvgIpc) is 2.97. The van der Waals surface area contributed by atoms with E-state index in [9.17, 15) is 4.79 Å². The van der Waals surface area contributed by atoms with Crippen LogP contribution in [-0.4, -0.2) is 51.8 Å². The van der Waals surface area contributed by atoms with Crippen molar-refractivity contribution in [3.05, 3.63) is 66.6 Å². The number of halogens is 2. The van der Waals surface area contributed by atoms with E-state index >= 15 is 0 Å². The molecule has 4 rings (SSSR count). The predicted octanol–water partition coefficient (Wildman–Crippen LogP) is 3.21. The van der Waals surface area contributed by atoms with Crippen molar-refractivity contribution in [2.75, 3.05) is 26.2 Å². The van der Waals surface area contributed by atoms with Crippen molar-refractivity contribution in [2.24, 2.45) is 0 Å². The summed E-state index contributed by atoms with van der Waals surface area (Å²) in [5.74, 6) is 0.0229. The van der Waals surface area contributed by atoms with E-state index in [0.29, 0.717) is 17.8 Å². The summed E-state index contributed by atoms with van der Waals surface area (Å²) in [6.45, 7) is 3.24. The Kier molecular flexibility index (Phi) is 7.99. The quantitative estimate of drug-likeness (QED) is 0.707. The van der Waals surface area contributed by atoms with Crippen molar-refractivity contribution in [1.29, 1.82) is 0 Å². The Bertz CT molecular complexity index is 878. The van der Waals surface area contributed by atoms with Crippen LogP contribution in [-0.2, 0) is 0 Å². The van der Waals surface area contributed by atoms with Crippen LogP contribution >= 0.6 is 24.8 Å². The highest BCUT2D eigenvalue weighted by atomic mass is 35.5. The van der Waals surface area contributed by atoms with Crippen LogP contribution in [0, 0.1) is 0 Å². The number of carbonyl (C=O) groups is 1. The molecule has 1 N–H and O–H groups in total. The van der Waals surface area contributed by atoms with Gasteiger partial charge >= 0.3 is 0 Å². The summed E-state index contributed by atoms with van der Waals surface area (Å²) in [7, 11) is 0. The third-order valence-corrected chi connectivity index (χ3v) is 4.53. The largest absolute Gasteiger partial charge is 0.337 e. The topological polar surface area (TPSA) is 63.1 Å². The second-order valence-electron chi connectivity index (χ2n) is 6.31. The molecular formula is C20H23Cl2N5O. The summed E-state index contributed by atoms with van der Waals surface area (Å²) in [4.78, 5) is 19.3. The minimum absolute atomic E-state index is 0. The van der Waals surface area contributed by atoms with Crippen molar-refractivity contribution in [3.8, 4) is 16.9 Å². The van der Waals surface area contributed by atoms with E-state index in [1.54, 1.807) is 17.1 Å². The Hall–Kier alpha value is -2.41. The molecule has 1 aliphatic heterocycles. The maximum Gasteiger partial charge on any atom is 0.257 e. The van der Waals surface area contributed by atoms with Gasteiger partial charge in [-0.3, -0.25) is 9.78 Å². The van der Waals surface area contributed by atoms with Gasteiger partial charge in [-0.2, -0.15) is 5.10 Å². The molecule has 6 nitrogen and oxygen atoms in total. The first-order chi connectivity index (χ1) is 12.8. The summed E-state index contributed by atoms with van der Waals surface area (Å²) >= 11 is 0. The maximum absolute atomic E-state index is 13.2. The van der Waals surface area contributed by atoms with Crippen LogP contribution in [0.25, 0.3) is 16.9 Å². The molecule has 1 fully saturated rings. The third kappa shape index (κ3) is 4.70. The molecule has 0 spiro atoms. The van der Waals surface area contributed by atoms with Crippen molar-refractivity contribution in [1.82, 2.24) is 25.0 Å². The van der Waals surface area contributed by atoms with Gasteiger partial charge in [0.25, 0.3) is 5.91 Å². The molecule has 0 unspecified atom stereocenters. The maximum atomic E-state index is 13.2. The number of aromatic nitrogens is 3. The highest BCUT2D eigenvalue weighted by Gasteiger charge is 2.24. The second kappa shape index (κ2) is 10.2. The second-order valence-corrected chi connectivity index (χ2v) is 6.31. The number of para-hydroxylation sites is 1. The number of pyridine rings is 1. The van der Waals surface area contributed by atoms with Gasteiger partial charge in [-0.1, -0.05) is 18.2 Å². The van der Waals surface area contributed by atoms with Crippen molar-refractivity contribution in [2.45, 2.75) is 6.42 Å². The lowest BCUT2D eigenvalue weighted by Crippen LogP contribution is -2.34. The van der Waals surface area contributed by atoms with Crippen LogP contribution in [0.15, 0.2) is 61.1 Å². The molecule has 1 aliphatic rings. The molecule has 3 aromatic rings. The Morgan fingerprint density at radius 1 is 1.00 bits per heavy atom. The van der Waals surface area contributed by atoms with Crippen LogP contribution in [0.4, 0.5) is 0 Å². The molecule has 0 saturated carbocycles. The Labute approximate surface area is 176 Å². The molecule has 28 heavy (non-hydrogen) atoms. The average molecular weight is 420 g/mol. The van der Waals surface area contributed by atoms with Gasteiger partial charge < -0.3 is 10.2 Å². The lowest BCUT2D eigenvalue weighted by molar-refractivity contribution is 0.0767. The van der Waals surface area contributed by atoms with E-state index < -0.39 is 0 Å². The summed E-state index contributed by atoms with van der Waals surface area (Å²) in [6, 6.07) is 13.6.